The maximum absolute atomic E-state index is 12.7. The van der Waals surface area contributed by atoms with Crippen molar-refractivity contribution in [3.63, 3.8) is 0 Å². The van der Waals surface area contributed by atoms with Crippen molar-refractivity contribution in [3.05, 3.63) is 64.2 Å². The molecule has 1 heterocycles. The molecule has 0 amide bonds. The summed E-state index contributed by atoms with van der Waals surface area (Å²) < 4.78 is 92.2. The topological polar surface area (TPSA) is 158 Å². The third kappa shape index (κ3) is 9.55. The Labute approximate surface area is 260 Å². The van der Waals surface area contributed by atoms with Gasteiger partial charge in [0.1, 0.15) is 24.6 Å². The van der Waals surface area contributed by atoms with Gasteiger partial charge >= 0.3 is 39.5 Å². The quantitative estimate of drug-likeness (QED) is 0.154. The largest absolute Gasteiger partial charge is 0.534 e. The molecule has 0 unspecified atom stereocenters. The Morgan fingerprint density at radius 3 is 1.91 bits per heavy atom. The van der Waals surface area contributed by atoms with Gasteiger partial charge in [-0.1, -0.05) is 35.9 Å². The molecule has 0 bridgehead atoms. The minimum Gasteiger partial charge on any atom is -0.463 e. The van der Waals surface area contributed by atoms with Gasteiger partial charge in [0, 0.05) is 32.7 Å². The van der Waals surface area contributed by atoms with E-state index in [0.717, 1.165) is 39.8 Å². The van der Waals surface area contributed by atoms with Gasteiger partial charge in [-0.05, 0) is 41.3 Å². The van der Waals surface area contributed by atoms with E-state index in [4.69, 9.17) is 35.3 Å². The lowest BCUT2D eigenvalue weighted by Crippen LogP contribution is -2.59. The van der Waals surface area contributed by atoms with Crippen LogP contribution >= 0.6 is 11.6 Å². The van der Waals surface area contributed by atoms with Crippen molar-refractivity contribution in [2.75, 3.05) is 6.61 Å². The van der Waals surface area contributed by atoms with Crippen molar-refractivity contribution in [2.45, 2.75) is 70.1 Å². The molecule has 0 aliphatic carbocycles. The molecule has 246 valence electrons. The fraction of sp³-hybridized carbons (Fsp3) is 0.429. The highest BCUT2D eigenvalue weighted by atomic mass is 35.5. The predicted molar refractivity (Wildman–Crippen MR) is 147 cm³/mol. The first-order chi connectivity index (χ1) is 20.9. The molecule has 17 heteroatoms. The highest BCUT2D eigenvalue weighted by molar-refractivity contribution is 7.88. The van der Waals surface area contributed by atoms with E-state index in [0.29, 0.717) is 16.7 Å². The lowest BCUT2D eigenvalue weighted by molar-refractivity contribution is -0.254. The van der Waals surface area contributed by atoms with Crippen molar-refractivity contribution in [3.8, 4) is 5.75 Å². The maximum atomic E-state index is 12.7. The summed E-state index contributed by atoms with van der Waals surface area (Å²) in [6.07, 6.45) is -6.37. The van der Waals surface area contributed by atoms with E-state index >= 15 is 0 Å². The number of rotatable bonds is 10. The van der Waals surface area contributed by atoms with Crippen LogP contribution in [-0.2, 0) is 59.4 Å². The SMILES string of the molecule is CC(=O)OC[C@H]1O[C@H](c2ccc(Cl)c(Cc3ccc(OS(=O)(=O)C(F)(F)F)cc3)c2)[C@H](OC(C)=O)[C@@H](OC(C)=O)[C@@H]1OC(C)=O. The van der Waals surface area contributed by atoms with Gasteiger partial charge in [0.25, 0.3) is 0 Å². The molecular weight excluding hydrogens is 653 g/mol. The van der Waals surface area contributed by atoms with Crippen LogP contribution < -0.4 is 4.18 Å². The number of halogens is 4. The van der Waals surface area contributed by atoms with Crippen molar-refractivity contribution in [1.82, 2.24) is 0 Å². The number of carbonyl (C=O) groups is 4. The number of hydrogen-bond donors (Lipinski definition) is 0. The molecule has 3 rings (SSSR count). The average molecular weight is 681 g/mol. The van der Waals surface area contributed by atoms with E-state index < -0.39 is 82.4 Å². The smallest absolute Gasteiger partial charge is 0.463 e. The fourth-order valence-electron chi connectivity index (χ4n) is 4.46. The van der Waals surface area contributed by atoms with E-state index in [1.807, 2.05) is 0 Å². The van der Waals surface area contributed by atoms with Crippen LogP contribution in [0, 0.1) is 0 Å². The van der Waals surface area contributed by atoms with Gasteiger partial charge in [-0.3, -0.25) is 19.2 Å². The summed E-state index contributed by atoms with van der Waals surface area (Å²) in [5.41, 5.74) is -4.30. The lowest BCUT2D eigenvalue weighted by Gasteiger charge is -2.44. The number of alkyl halides is 3. The summed E-state index contributed by atoms with van der Waals surface area (Å²) in [5.74, 6) is -3.60. The van der Waals surface area contributed by atoms with Crippen molar-refractivity contribution < 1.29 is 68.6 Å². The number of ether oxygens (including phenoxy) is 5. The monoisotopic (exact) mass is 680 g/mol. The Hall–Kier alpha value is -3.89. The van der Waals surface area contributed by atoms with Crippen LogP contribution in [0.4, 0.5) is 13.2 Å². The second-order valence-electron chi connectivity index (χ2n) is 9.77. The van der Waals surface area contributed by atoms with Crippen molar-refractivity contribution in [2.24, 2.45) is 0 Å². The van der Waals surface area contributed by atoms with Gasteiger partial charge in [0.2, 0.25) is 0 Å². The van der Waals surface area contributed by atoms with Crippen LogP contribution in [0.15, 0.2) is 42.5 Å². The third-order valence-electron chi connectivity index (χ3n) is 6.20. The van der Waals surface area contributed by atoms with E-state index in [9.17, 15) is 40.8 Å². The molecule has 5 atom stereocenters. The van der Waals surface area contributed by atoms with Gasteiger partial charge < -0.3 is 27.9 Å². The van der Waals surface area contributed by atoms with Crippen LogP contribution in [0.25, 0.3) is 0 Å². The zero-order chi connectivity index (χ0) is 33.7. The molecule has 45 heavy (non-hydrogen) atoms. The van der Waals surface area contributed by atoms with Gasteiger partial charge in [0.15, 0.2) is 18.3 Å². The Morgan fingerprint density at radius 1 is 0.822 bits per heavy atom. The van der Waals surface area contributed by atoms with Crippen LogP contribution in [-0.4, -0.2) is 68.8 Å². The Morgan fingerprint density at radius 2 is 1.38 bits per heavy atom. The fourth-order valence-corrected chi connectivity index (χ4v) is 5.10. The molecule has 0 spiro atoms. The maximum Gasteiger partial charge on any atom is 0.534 e. The van der Waals surface area contributed by atoms with E-state index in [-0.39, 0.29) is 11.4 Å². The molecule has 1 saturated heterocycles. The van der Waals surface area contributed by atoms with Crippen molar-refractivity contribution in [1.29, 1.82) is 0 Å². The third-order valence-corrected chi connectivity index (χ3v) is 7.54. The highest BCUT2D eigenvalue weighted by Crippen LogP contribution is 2.39. The van der Waals surface area contributed by atoms with Gasteiger partial charge in [-0.15, -0.1) is 0 Å². The minimum absolute atomic E-state index is 0.0875. The average Bonchev–Trinajstić information content (AvgIpc) is 2.90. The molecule has 0 aromatic heterocycles. The summed E-state index contributed by atoms with van der Waals surface area (Å²) in [5, 5.41) is 0.254. The zero-order valence-corrected chi connectivity index (χ0v) is 25.7. The second-order valence-corrected chi connectivity index (χ2v) is 11.7. The molecular formula is C28H28ClF3O12S. The number of benzene rings is 2. The van der Waals surface area contributed by atoms with E-state index in [1.165, 1.54) is 24.3 Å². The first-order valence-corrected chi connectivity index (χ1v) is 14.8. The highest BCUT2D eigenvalue weighted by Gasteiger charge is 2.52. The molecule has 2 aromatic carbocycles. The molecule has 1 fully saturated rings. The van der Waals surface area contributed by atoms with Gasteiger partial charge in [0.05, 0.1) is 0 Å². The summed E-state index contributed by atoms with van der Waals surface area (Å²) in [7, 11) is -5.86. The molecule has 1 aliphatic heterocycles. The Bertz CT molecular complexity index is 1530. The van der Waals surface area contributed by atoms with Crippen LogP contribution in [0.1, 0.15) is 50.5 Å². The normalized spacial score (nSPS) is 21.7. The minimum atomic E-state index is -5.86. The standard InChI is InChI=1S/C28H28ClF3O12S/c1-14(33)39-13-23-25(40-15(2)34)27(42-17(4)36)26(41-16(3)35)24(43-23)19-7-10-22(29)20(12-19)11-18-5-8-21(9-6-18)44-45(37,38)28(30,31)32/h5-10,12,23-27H,11,13H2,1-4H3/t23-,24-,25-,26+,27+/m1/s1. The van der Waals surface area contributed by atoms with Gasteiger partial charge in [-0.25, -0.2) is 0 Å². The summed E-state index contributed by atoms with van der Waals surface area (Å²) in [6.45, 7) is 4.02. The second kappa shape index (κ2) is 14.5. The first-order valence-electron chi connectivity index (χ1n) is 13.1. The van der Waals surface area contributed by atoms with Crippen LogP contribution in [0.2, 0.25) is 5.02 Å². The molecule has 2 aromatic rings. The summed E-state index contributed by atoms with van der Waals surface area (Å²) in [6, 6.07) is 9.34. The molecule has 0 N–H and O–H groups in total. The predicted octanol–water partition coefficient (Wildman–Crippen LogP) is 3.96. The Kier molecular flexibility index (Phi) is 11.4. The summed E-state index contributed by atoms with van der Waals surface area (Å²) in [4.78, 5) is 47.8. The molecule has 12 nitrogen and oxygen atoms in total. The first kappa shape index (κ1) is 35.6. The Balaban J connectivity index is 1.99. The van der Waals surface area contributed by atoms with E-state index in [1.54, 1.807) is 6.07 Å². The number of hydrogen-bond acceptors (Lipinski definition) is 12. The number of esters is 4. The van der Waals surface area contributed by atoms with Crippen molar-refractivity contribution >= 4 is 45.6 Å². The molecule has 0 saturated carbocycles. The van der Waals surface area contributed by atoms with Crippen LogP contribution in [0.5, 0.6) is 5.75 Å². The summed E-state index contributed by atoms with van der Waals surface area (Å²) >= 11 is 6.43. The van der Waals surface area contributed by atoms with E-state index in [2.05, 4.69) is 4.18 Å². The van der Waals surface area contributed by atoms with Gasteiger partial charge in [-0.2, -0.15) is 21.6 Å². The lowest BCUT2D eigenvalue weighted by atomic mass is 9.89. The zero-order valence-electron chi connectivity index (χ0n) is 24.2. The molecule has 1 aliphatic rings. The van der Waals surface area contributed by atoms with Crippen LogP contribution in [0.3, 0.4) is 0 Å². The number of carbonyl (C=O) groups excluding carboxylic acids is 4. The molecule has 0 radical (unpaired) electrons.